The third-order valence-electron chi connectivity index (χ3n) is 4.04. The molecule has 3 heterocycles. The van der Waals surface area contributed by atoms with Crippen LogP contribution in [0.4, 0.5) is 0 Å². The van der Waals surface area contributed by atoms with Crippen LogP contribution in [-0.2, 0) is 11.3 Å². The first-order chi connectivity index (χ1) is 10.9. The van der Waals surface area contributed by atoms with Gasteiger partial charge in [-0.25, -0.2) is 4.98 Å². The van der Waals surface area contributed by atoms with Crippen LogP contribution in [0.1, 0.15) is 0 Å². The van der Waals surface area contributed by atoms with Crippen LogP contribution in [0.2, 0.25) is 0 Å². The Morgan fingerprint density at radius 3 is 2.96 bits per heavy atom. The Bertz CT molecular complexity index is 782. The first-order valence-corrected chi connectivity index (χ1v) is 7.58. The molecule has 1 atom stereocenters. The summed E-state index contributed by atoms with van der Waals surface area (Å²) in [6.45, 7) is 3.40. The van der Waals surface area contributed by atoms with Crippen LogP contribution < -0.4 is 5.32 Å². The topological polar surface area (TPSA) is 52.0 Å². The molecule has 0 spiro atoms. The van der Waals surface area contributed by atoms with Crippen LogP contribution in [0.5, 0.6) is 0 Å². The molecule has 0 saturated carbocycles. The minimum Gasteiger partial charge on any atom is -0.374 e. The van der Waals surface area contributed by atoms with E-state index in [0.29, 0.717) is 0 Å². The fourth-order valence-electron chi connectivity index (χ4n) is 2.97. The van der Waals surface area contributed by atoms with E-state index in [9.17, 15) is 0 Å². The van der Waals surface area contributed by atoms with Crippen LogP contribution >= 0.6 is 24.8 Å². The van der Waals surface area contributed by atoms with Crippen molar-refractivity contribution < 1.29 is 4.74 Å². The number of ether oxygens (including phenoxy) is 1. The van der Waals surface area contributed by atoms with E-state index in [1.807, 2.05) is 30.9 Å². The van der Waals surface area contributed by atoms with Crippen molar-refractivity contribution in [3.63, 3.8) is 0 Å². The fraction of sp³-hybridized carbons (Fsp3) is 0.294. The molecule has 0 aliphatic carbocycles. The Labute approximate surface area is 153 Å². The van der Waals surface area contributed by atoms with E-state index >= 15 is 0 Å². The van der Waals surface area contributed by atoms with E-state index in [4.69, 9.17) is 4.74 Å². The average Bonchev–Trinajstić information content (AvgIpc) is 3.03. The van der Waals surface area contributed by atoms with Crippen LogP contribution in [0, 0.1) is 0 Å². The monoisotopic (exact) mass is 366 g/mol. The second-order valence-electron chi connectivity index (χ2n) is 5.50. The van der Waals surface area contributed by atoms with Gasteiger partial charge in [0.05, 0.1) is 19.3 Å². The summed E-state index contributed by atoms with van der Waals surface area (Å²) in [4.78, 5) is 8.76. The lowest BCUT2D eigenvalue weighted by atomic mass is 10.1. The summed E-state index contributed by atoms with van der Waals surface area (Å²) >= 11 is 0. The van der Waals surface area contributed by atoms with Gasteiger partial charge in [0, 0.05) is 48.8 Å². The molecule has 24 heavy (non-hydrogen) atoms. The number of nitrogens with zero attached hydrogens (tertiary/aromatic N) is 3. The third kappa shape index (κ3) is 3.70. The van der Waals surface area contributed by atoms with Crippen molar-refractivity contribution in [3.05, 3.63) is 49.1 Å². The maximum absolute atomic E-state index is 5.81. The third-order valence-corrected chi connectivity index (χ3v) is 4.04. The summed E-state index contributed by atoms with van der Waals surface area (Å²) in [6.07, 6.45) is 7.78. The van der Waals surface area contributed by atoms with Crippen molar-refractivity contribution in [1.29, 1.82) is 0 Å². The summed E-state index contributed by atoms with van der Waals surface area (Å²) < 4.78 is 7.98. The summed E-state index contributed by atoms with van der Waals surface area (Å²) in [5, 5.41) is 5.67. The van der Waals surface area contributed by atoms with E-state index in [1.54, 1.807) is 0 Å². The molecule has 3 aromatic rings. The molecule has 0 radical (unpaired) electrons. The molecule has 5 nitrogen and oxygen atoms in total. The summed E-state index contributed by atoms with van der Waals surface area (Å²) in [5.41, 5.74) is 1.13. The zero-order valence-electron chi connectivity index (χ0n) is 13.1. The minimum absolute atomic E-state index is 0. The normalized spacial score (nSPS) is 17.1. The SMILES string of the molecule is Cl.Cl.c1cc(-c2nccn2CC2CNCCO2)c2ccncc2c1. The van der Waals surface area contributed by atoms with Gasteiger partial charge in [-0.2, -0.15) is 0 Å². The zero-order valence-corrected chi connectivity index (χ0v) is 14.7. The summed E-state index contributed by atoms with van der Waals surface area (Å²) in [5.74, 6) is 0.978. The molecule has 0 amide bonds. The number of fused-ring (bicyclic) bond motifs is 1. The average molecular weight is 367 g/mol. The molecule has 1 aromatic carbocycles. The largest absolute Gasteiger partial charge is 0.374 e. The van der Waals surface area contributed by atoms with Gasteiger partial charge in [0.15, 0.2) is 0 Å². The highest BCUT2D eigenvalue weighted by atomic mass is 35.5. The van der Waals surface area contributed by atoms with Gasteiger partial charge in [-0.3, -0.25) is 4.98 Å². The van der Waals surface area contributed by atoms with Gasteiger partial charge in [0.2, 0.25) is 0 Å². The lowest BCUT2D eigenvalue weighted by molar-refractivity contribution is 0.0185. The van der Waals surface area contributed by atoms with E-state index in [2.05, 4.69) is 38.1 Å². The van der Waals surface area contributed by atoms with Gasteiger partial charge < -0.3 is 14.6 Å². The lowest BCUT2D eigenvalue weighted by Crippen LogP contribution is -2.40. The highest BCUT2D eigenvalue weighted by Gasteiger charge is 2.17. The predicted molar refractivity (Wildman–Crippen MR) is 100 cm³/mol. The molecule has 1 unspecified atom stereocenters. The number of benzene rings is 1. The molecule has 1 fully saturated rings. The maximum atomic E-state index is 5.81. The molecule has 1 N–H and O–H groups in total. The number of halogens is 2. The van der Waals surface area contributed by atoms with Crippen molar-refractivity contribution in [2.75, 3.05) is 19.7 Å². The van der Waals surface area contributed by atoms with Crippen molar-refractivity contribution in [2.24, 2.45) is 0 Å². The molecule has 7 heteroatoms. The Morgan fingerprint density at radius 2 is 2.12 bits per heavy atom. The van der Waals surface area contributed by atoms with Gasteiger partial charge in [-0.15, -0.1) is 24.8 Å². The lowest BCUT2D eigenvalue weighted by Gasteiger charge is -2.24. The number of nitrogens with one attached hydrogen (secondary N) is 1. The molecular formula is C17H20Cl2N4O. The Kier molecular flexibility index (Phi) is 6.57. The van der Waals surface area contributed by atoms with E-state index in [0.717, 1.165) is 43.0 Å². The van der Waals surface area contributed by atoms with E-state index in [1.165, 1.54) is 5.39 Å². The summed E-state index contributed by atoms with van der Waals surface area (Å²) in [7, 11) is 0. The number of pyridine rings is 1. The van der Waals surface area contributed by atoms with Crippen LogP contribution in [0.25, 0.3) is 22.2 Å². The molecule has 128 valence electrons. The highest BCUT2D eigenvalue weighted by Crippen LogP contribution is 2.27. The molecule has 0 bridgehead atoms. The first-order valence-electron chi connectivity index (χ1n) is 7.58. The van der Waals surface area contributed by atoms with E-state index < -0.39 is 0 Å². The van der Waals surface area contributed by atoms with Crippen molar-refractivity contribution >= 4 is 35.6 Å². The van der Waals surface area contributed by atoms with Gasteiger partial charge in [-0.1, -0.05) is 18.2 Å². The highest BCUT2D eigenvalue weighted by molar-refractivity contribution is 5.94. The predicted octanol–water partition coefficient (Wildman–Crippen LogP) is 2.93. The Morgan fingerprint density at radius 1 is 1.21 bits per heavy atom. The second kappa shape index (κ2) is 8.44. The molecule has 1 aliphatic rings. The number of morpholine rings is 1. The molecular weight excluding hydrogens is 347 g/mol. The second-order valence-corrected chi connectivity index (χ2v) is 5.50. The standard InChI is InChI=1S/C17H18N4O.2ClH/c1-2-13-10-18-5-4-15(13)16(3-1)17-20-6-8-21(17)12-14-11-19-7-9-22-14;;/h1-6,8,10,14,19H,7,9,11-12H2;2*1H. The summed E-state index contributed by atoms with van der Waals surface area (Å²) in [6, 6.07) is 8.29. The molecule has 1 saturated heterocycles. The first kappa shape index (κ1) is 18.7. The smallest absolute Gasteiger partial charge is 0.140 e. The zero-order chi connectivity index (χ0) is 14.8. The maximum Gasteiger partial charge on any atom is 0.140 e. The Hall–Kier alpha value is -1.66. The van der Waals surface area contributed by atoms with E-state index in [-0.39, 0.29) is 30.9 Å². The van der Waals surface area contributed by atoms with Crippen molar-refractivity contribution in [2.45, 2.75) is 12.6 Å². The number of hydrogen-bond donors (Lipinski definition) is 1. The van der Waals surface area contributed by atoms with Gasteiger partial charge in [0.25, 0.3) is 0 Å². The Balaban J connectivity index is 0.00000104. The van der Waals surface area contributed by atoms with Crippen LogP contribution in [0.15, 0.2) is 49.1 Å². The van der Waals surface area contributed by atoms with Gasteiger partial charge in [0.1, 0.15) is 5.82 Å². The number of aromatic nitrogens is 3. The minimum atomic E-state index is 0. The molecule has 4 rings (SSSR count). The van der Waals surface area contributed by atoms with Crippen molar-refractivity contribution in [3.8, 4) is 11.4 Å². The van der Waals surface area contributed by atoms with Crippen molar-refractivity contribution in [1.82, 2.24) is 19.9 Å². The van der Waals surface area contributed by atoms with Crippen LogP contribution in [0.3, 0.4) is 0 Å². The molecule has 2 aromatic heterocycles. The van der Waals surface area contributed by atoms with Crippen LogP contribution in [-0.4, -0.2) is 40.3 Å². The quantitative estimate of drug-likeness (QED) is 0.774. The molecule has 1 aliphatic heterocycles. The fourth-order valence-corrected chi connectivity index (χ4v) is 2.97. The van der Waals surface area contributed by atoms with Gasteiger partial charge in [-0.05, 0) is 11.5 Å². The number of imidazole rings is 1. The number of rotatable bonds is 3. The number of hydrogen-bond acceptors (Lipinski definition) is 4. The van der Waals surface area contributed by atoms with Gasteiger partial charge >= 0.3 is 0 Å².